The summed E-state index contributed by atoms with van der Waals surface area (Å²) in [7, 11) is 0. The van der Waals surface area contributed by atoms with Crippen LogP contribution in [0.2, 0.25) is 0 Å². The first-order valence-electron chi connectivity index (χ1n) is 7.35. The normalized spacial score (nSPS) is 21.8. The van der Waals surface area contributed by atoms with E-state index in [1.165, 1.54) is 0 Å². The molecule has 1 aliphatic rings. The number of carbonyl (C=O) groups excluding carboxylic acids is 1. The van der Waals surface area contributed by atoms with Crippen LogP contribution in [0.15, 0.2) is 18.2 Å². The van der Waals surface area contributed by atoms with E-state index < -0.39 is 11.4 Å². The first kappa shape index (κ1) is 15.5. The largest absolute Gasteiger partial charge is 0.478 e. The van der Waals surface area contributed by atoms with Gasteiger partial charge in [-0.1, -0.05) is 13.0 Å². The van der Waals surface area contributed by atoms with Crippen LogP contribution in [0.5, 0.6) is 0 Å². The van der Waals surface area contributed by atoms with Gasteiger partial charge in [-0.05, 0) is 50.4 Å². The van der Waals surface area contributed by atoms with Crippen molar-refractivity contribution in [3.05, 3.63) is 29.3 Å². The lowest BCUT2D eigenvalue weighted by Gasteiger charge is -2.35. The van der Waals surface area contributed by atoms with Crippen molar-refractivity contribution in [3.8, 4) is 0 Å². The summed E-state index contributed by atoms with van der Waals surface area (Å²) in [6.07, 6.45) is 2.61. The predicted molar refractivity (Wildman–Crippen MR) is 81.6 cm³/mol. The van der Waals surface area contributed by atoms with E-state index in [1.807, 2.05) is 6.92 Å². The number of carboxylic acid groups (broad SMARTS) is 1. The third-order valence-electron chi connectivity index (χ3n) is 4.44. The molecule has 1 aromatic carbocycles. The van der Waals surface area contributed by atoms with Crippen molar-refractivity contribution in [2.45, 2.75) is 33.1 Å². The highest BCUT2D eigenvalue weighted by atomic mass is 16.4. The molecule has 114 valence electrons. The monoisotopic (exact) mass is 290 g/mol. The second kappa shape index (κ2) is 6.26. The minimum atomic E-state index is -0.979. The lowest BCUT2D eigenvalue weighted by Crippen LogP contribution is -2.47. The van der Waals surface area contributed by atoms with E-state index in [4.69, 9.17) is 5.11 Å². The van der Waals surface area contributed by atoms with Gasteiger partial charge in [0.25, 0.3) is 0 Å². The lowest BCUT2D eigenvalue weighted by atomic mass is 9.77. The Hall–Kier alpha value is -1.88. The Morgan fingerprint density at radius 1 is 1.43 bits per heavy atom. The molecule has 0 aliphatic carbocycles. The molecular weight excluding hydrogens is 268 g/mol. The van der Waals surface area contributed by atoms with E-state index in [2.05, 4.69) is 10.6 Å². The number of aromatic carboxylic acids is 1. The minimum Gasteiger partial charge on any atom is -0.478 e. The highest BCUT2D eigenvalue weighted by molar-refractivity contribution is 5.98. The third-order valence-corrected chi connectivity index (χ3v) is 4.44. The summed E-state index contributed by atoms with van der Waals surface area (Å²) in [6, 6.07) is 4.95. The fraction of sp³-hybridized carbons (Fsp3) is 0.500. The Bertz CT molecular complexity index is 548. The lowest BCUT2D eigenvalue weighted by molar-refractivity contribution is -0.126. The van der Waals surface area contributed by atoms with Gasteiger partial charge in [0.1, 0.15) is 0 Å². The van der Waals surface area contributed by atoms with E-state index in [-0.39, 0.29) is 11.5 Å². The minimum absolute atomic E-state index is 0.0251. The van der Waals surface area contributed by atoms with E-state index >= 15 is 0 Å². The molecule has 1 unspecified atom stereocenters. The fourth-order valence-corrected chi connectivity index (χ4v) is 2.88. The van der Waals surface area contributed by atoms with Crippen LogP contribution in [-0.2, 0) is 4.79 Å². The molecule has 1 aliphatic heterocycles. The van der Waals surface area contributed by atoms with Crippen molar-refractivity contribution < 1.29 is 14.7 Å². The highest BCUT2D eigenvalue weighted by Gasteiger charge is 2.38. The van der Waals surface area contributed by atoms with Gasteiger partial charge in [0.15, 0.2) is 0 Å². The number of carbonyl (C=O) groups is 2. The fourth-order valence-electron chi connectivity index (χ4n) is 2.88. The van der Waals surface area contributed by atoms with Crippen molar-refractivity contribution in [2.24, 2.45) is 5.41 Å². The van der Waals surface area contributed by atoms with Gasteiger partial charge in [0.05, 0.1) is 11.0 Å². The van der Waals surface area contributed by atoms with E-state index in [1.54, 1.807) is 25.1 Å². The quantitative estimate of drug-likeness (QED) is 0.795. The summed E-state index contributed by atoms with van der Waals surface area (Å²) in [5.41, 5.74) is 0.996. The van der Waals surface area contributed by atoms with Crippen LogP contribution >= 0.6 is 0 Å². The number of amides is 1. The third kappa shape index (κ3) is 3.08. The molecule has 0 saturated carbocycles. The molecule has 0 radical (unpaired) electrons. The second-order valence-corrected chi connectivity index (χ2v) is 5.65. The standard InChI is InChI=1S/C16H22N2O3/c1-3-16(8-5-9-17-10-16)15(21)18-13-7-4-6-12(11(13)2)14(19)20/h4,6-7,17H,3,5,8-10H2,1-2H3,(H,18,21)(H,19,20). The number of hydrogen-bond acceptors (Lipinski definition) is 3. The van der Waals surface area contributed by atoms with Gasteiger partial charge in [0.2, 0.25) is 5.91 Å². The first-order chi connectivity index (χ1) is 10.00. The topological polar surface area (TPSA) is 78.4 Å². The van der Waals surface area contributed by atoms with Gasteiger partial charge < -0.3 is 15.7 Å². The van der Waals surface area contributed by atoms with E-state index in [9.17, 15) is 9.59 Å². The molecule has 1 amide bonds. The van der Waals surface area contributed by atoms with Crippen LogP contribution in [-0.4, -0.2) is 30.1 Å². The Morgan fingerprint density at radius 3 is 2.76 bits per heavy atom. The molecule has 5 heteroatoms. The SMILES string of the molecule is CCC1(C(=O)Nc2cccc(C(=O)O)c2C)CCCNC1. The van der Waals surface area contributed by atoms with Crippen molar-refractivity contribution in [1.29, 1.82) is 0 Å². The number of anilines is 1. The zero-order chi connectivity index (χ0) is 15.5. The Kier molecular flexibility index (Phi) is 4.63. The molecule has 5 nitrogen and oxygen atoms in total. The highest BCUT2D eigenvalue weighted by Crippen LogP contribution is 2.32. The smallest absolute Gasteiger partial charge is 0.336 e. The van der Waals surface area contributed by atoms with E-state index in [0.717, 1.165) is 25.8 Å². The number of benzene rings is 1. The summed E-state index contributed by atoms with van der Waals surface area (Å²) in [4.78, 5) is 23.8. The van der Waals surface area contributed by atoms with Crippen LogP contribution in [0, 0.1) is 12.3 Å². The summed E-state index contributed by atoms with van der Waals surface area (Å²) in [5, 5.41) is 15.4. The van der Waals surface area contributed by atoms with Crippen molar-refractivity contribution in [2.75, 3.05) is 18.4 Å². The Balaban J connectivity index is 2.23. The molecule has 2 rings (SSSR count). The number of nitrogens with one attached hydrogen (secondary N) is 2. The van der Waals surface area contributed by atoms with Gasteiger partial charge in [0, 0.05) is 12.2 Å². The molecule has 1 aromatic rings. The van der Waals surface area contributed by atoms with E-state index in [0.29, 0.717) is 17.8 Å². The number of hydrogen-bond donors (Lipinski definition) is 3. The van der Waals surface area contributed by atoms with Crippen LogP contribution < -0.4 is 10.6 Å². The van der Waals surface area contributed by atoms with Gasteiger partial charge in [-0.3, -0.25) is 4.79 Å². The molecule has 21 heavy (non-hydrogen) atoms. The average Bonchev–Trinajstić information content (AvgIpc) is 2.49. The number of rotatable bonds is 4. The average molecular weight is 290 g/mol. The zero-order valence-corrected chi connectivity index (χ0v) is 12.5. The molecule has 0 spiro atoms. The van der Waals surface area contributed by atoms with Gasteiger partial charge >= 0.3 is 5.97 Å². The van der Waals surface area contributed by atoms with Crippen molar-refractivity contribution in [3.63, 3.8) is 0 Å². The molecule has 0 aromatic heterocycles. The number of piperidine rings is 1. The van der Waals surface area contributed by atoms with Crippen LogP contribution in [0.1, 0.15) is 42.1 Å². The molecular formula is C16H22N2O3. The van der Waals surface area contributed by atoms with Crippen LogP contribution in [0.25, 0.3) is 0 Å². The maximum Gasteiger partial charge on any atom is 0.336 e. The summed E-state index contributed by atoms with van der Waals surface area (Å²) in [6.45, 7) is 5.36. The number of carboxylic acids is 1. The van der Waals surface area contributed by atoms with Gasteiger partial charge in [-0.2, -0.15) is 0 Å². The molecule has 1 saturated heterocycles. The van der Waals surface area contributed by atoms with Crippen molar-refractivity contribution >= 4 is 17.6 Å². The predicted octanol–water partition coefficient (Wildman–Crippen LogP) is 2.41. The molecule has 1 fully saturated rings. The van der Waals surface area contributed by atoms with Crippen LogP contribution in [0.4, 0.5) is 5.69 Å². The van der Waals surface area contributed by atoms with Crippen LogP contribution in [0.3, 0.4) is 0 Å². The Morgan fingerprint density at radius 2 is 2.19 bits per heavy atom. The summed E-state index contributed by atoms with van der Waals surface area (Å²) in [5.74, 6) is -1.00. The van der Waals surface area contributed by atoms with Crippen molar-refractivity contribution in [1.82, 2.24) is 5.32 Å². The second-order valence-electron chi connectivity index (χ2n) is 5.65. The molecule has 1 atom stereocenters. The van der Waals surface area contributed by atoms with Gasteiger partial charge in [-0.25, -0.2) is 4.79 Å². The molecule has 3 N–H and O–H groups in total. The first-order valence-corrected chi connectivity index (χ1v) is 7.35. The zero-order valence-electron chi connectivity index (χ0n) is 12.5. The van der Waals surface area contributed by atoms with Gasteiger partial charge in [-0.15, -0.1) is 0 Å². The molecule has 1 heterocycles. The summed E-state index contributed by atoms with van der Waals surface area (Å²) >= 11 is 0. The Labute approximate surface area is 124 Å². The summed E-state index contributed by atoms with van der Waals surface area (Å²) < 4.78 is 0. The molecule has 0 bridgehead atoms. The maximum absolute atomic E-state index is 12.7. The maximum atomic E-state index is 12.7.